The minimum Gasteiger partial charge on any atom is -0.348 e. The van der Waals surface area contributed by atoms with Crippen LogP contribution in [0.5, 0.6) is 0 Å². The van der Waals surface area contributed by atoms with Crippen molar-refractivity contribution in [3.63, 3.8) is 0 Å². The van der Waals surface area contributed by atoms with Crippen LogP contribution in [0.25, 0.3) is 0 Å². The second-order valence-electron chi connectivity index (χ2n) is 5.03. The van der Waals surface area contributed by atoms with Crippen LogP contribution in [0.4, 0.5) is 0 Å². The Morgan fingerprint density at radius 1 is 1.42 bits per heavy atom. The summed E-state index contributed by atoms with van der Waals surface area (Å²) in [6.07, 6.45) is 5.24. The van der Waals surface area contributed by atoms with Crippen LogP contribution in [0.2, 0.25) is 0 Å². The van der Waals surface area contributed by atoms with Crippen LogP contribution >= 0.6 is 11.3 Å². The van der Waals surface area contributed by atoms with Gasteiger partial charge in [-0.2, -0.15) is 0 Å². The first-order valence-corrected chi connectivity index (χ1v) is 7.78. The van der Waals surface area contributed by atoms with E-state index in [1.807, 2.05) is 0 Å². The van der Waals surface area contributed by atoms with Crippen molar-refractivity contribution in [1.82, 2.24) is 10.3 Å². The molecule has 0 radical (unpaired) electrons. The summed E-state index contributed by atoms with van der Waals surface area (Å²) in [7, 11) is 0. The van der Waals surface area contributed by atoms with E-state index >= 15 is 0 Å². The molecule has 1 heterocycles. The van der Waals surface area contributed by atoms with Gasteiger partial charge in [0.1, 0.15) is 5.69 Å². The monoisotopic (exact) mass is 282 g/mol. The maximum atomic E-state index is 12.2. The summed E-state index contributed by atoms with van der Waals surface area (Å²) >= 11 is 1.49. The van der Waals surface area contributed by atoms with Gasteiger partial charge in [0.2, 0.25) is 0 Å². The highest BCUT2D eigenvalue weighted by molar-refractivity contribution is 7.09. The number of nitrogens with two attached hydrogens (primary N) is 2. The van der Waals surface area contributed by atoms with Gasteiger partial charge < -0.3 is 16.8 Å². The summed E-state index contributed by atoms with van der Waals surface area (Å²) in [5.41, 5.74) is 11.8. The van der Waals surface area contributed by atoms with Crippen LogP contribution < -0.4 is 16.8 Å². The lowest BCUT2D eigenvalue weighted by Gasteiger charge is -2.31. The summed E-state index contributed by atoms with van der Waals surface area (Å²) in [5, 5.41) is 5.81. The Kier molecular flexibility index (Phi) is 5.30. The molecule has 0 spiro atoms. The molecule has 1 saturated carbocycles. The van der Waals surface area contributed by atoms with E-state index in [0.717, 1.165) is 30.7 Å². The predicted octanol–water partition coefficient (Wildman–Crippen LogP) is 0.892. The Hall–Kier alpha value is -0.980. The van der Waals surface area contributed by atoms with Crippen molar-refractivity contribution in [3.05, 3.63) is 16.1 Å². The van der Waals surface area contributed by atoms with Crippen LogP contribution in [0.1, 0.15) is 41.2 Å². The van der Waals surface area contributed by atoms with Crippen molar-refractivity contribution in [3.8, 4) is 0 Å². The van der Waals surface area contributed by atoms with Crippen LogP contribution in [0, 0.1) is 5.92 Å². The molecule has 2 rings (SSSR count). The lowest BCUT2D eigenvalue weighted by molar-refractivity contribution is 0.0903. The van der Waals surface area contributed by atoms with Gasteiger partial charge in [0.25, 0.3) is 5.91 Å². The number of thiazole rings is 1. The molecule has 2 atom stereocenters. The standard InChI is InChI=1S/C13H22N4OS/c14-6-5-12-16-11(8-19-12)13(18)17-10-4-2-1-3-9(10)7-15/h8-10H,1-7,14-15H2,(H,17,18). The van der Waals surface area contributed by atoms with Gasteiger partial charge in [0.15, 0.2) is 0 Å². The Balaban J connectivity index is 1.95. The molecule has 1 aliphatic carbocycles. The van der Waals surface area contributed by atoms with Crippen molar-refractivity contribution < 1.29 is 4.79 Å². The smallest absolute Gasteiger partial charge is 0.270 e. The van der Waals surface area contributed by atoms with Crippen LogP contribution in [0.15, 0.2) is 5.38 Å². The van der Waals surface area contributed by atoms with Gasteiger partial charge in [-0.15, -0.1) is 11.3 Å². The first-order chi connectivity index (χ1) is 9.24. The Morgan fingerprint density at radius 3 is 2.95 bits per heavy atom. The fraction of sp³-hybridized carbons (Fsp3) is 0.692. The summed E-state index contributed by atoms with van der Waals surface area (Å²) in [6.45, 7) is 1.20. The molecule has 1 amide bonds. The highest BCUT2D eigenvalue weighted by Crippen LogP contribution is 2.24. The molecule has 5 N–H and O–H groups in total. The average molecular weight is 282 g/mol. The zero-order valence-electron chi connectivity index (χ0n) is 11.1. The molecule has 1 aromatic heterocycles. The first-order valence-electron chi connectivity index (χ1n) is 6.90. The number of hydrogen-bond acceptors (Lipinski definition) is 5. The number of nitrogens with one attached hydrogen (secondary N) is 1. The van der Waals surface area contributed by atoms with Crippen LogP contribution in [-0.2, 0) is 6.42 Å². The minimum atomic E-state index is -0.0788. The maximum absolute atomic E-state index is 12.2. The molecule has 6 heteroatoms. The molecule has 106 valence electrons. The van der Waals surface area contributed by atoms with Crippen molar-refractivity contribution in [2.75, 3.05) is 13.1 Å². The maximum Gasteiger partial charge on any atom is 0.270 e. The zero-order chi connectivity index (χ0) is 13.7. The molecule has 2 unspecified atom stereocenters. The Labute approximate surface area is 117 Å². The third-order valence-electron chi connectivity index (χ3n) is 3.67. The molecule has 1 aliphatic rings. The van der Waals surface area contributed by atoms with E-state index in [1.54, 1.807) is 5.38 Å². The lowest BCUT2D eigenvalue weighted by atomic mass is 9.84. The van der Waals surface area contributed by atoms with Crippen molar-refractivity contribution >= 4 is 17.2 Å². The van der Waals surface area contributed by atoms with Gasteiger partial charge in [0, 0.05) is 17.8 Å². The molecule has 0 bridgehead atoms. The molecular weight excluding hydrogens is 260 g/mol. The number of aromatic nitrogens is 1. The number of carbonyl (C=O) groups excluding carboxylic acids is 1. The number of nitrogens with zero attached hydrogens (tertiary/aromatic N) is 1. The van der Waals surface area contributed by atoms with E-state index in [4.69, 9.17) is 11.5 Å². The Morgan fingerprint density at radius 2 is 2.21 bits per heavy atom. The molecule has 0 aromatic carbocycles. The summed E-state index contributed by atoms with van der Waals surface area (Å²) in [6, 6.07) is 0.200. The highest BCUT2D eigenvalue weighted by Gasteiger charge is 2.26. The lowest BCUT2D eigenvalue weighted by Crippen LogP contribution is -2.44. The van der Waals surface area contributed by atoms with Crippen LogP contribution in [0.3, 0.4) is 0 Å². The minimum absolute atomic E-state index is 0.0788. The molecule has 0 aliphatic heterocycles. The van der Waals surface area contributed by atoms with Gasteiger partial charge >= 0.3 is 0 Å². The summed E-state index contributed by atoms with van der Waals surface area (Å²) in [5.74, 6) is 0.324. The second-order valence-corrected chi connectivity index (χ2v) is 5.97. The highest BCUT2D eigenvalue weighted by atomic mass is 32.1. The normalized spacial score (nSPS) is 23.3. The number of hydrogen-bond donors (Lipinski definition) is 3. The topological polar surface area (TPSA) is 94.0 Å². The van der Waals surface area contributed by atoms with E-state index in [1.165, 1.54) is 17.8 Å². The van der Waals surface area contributed by atoms with Crippen molar-refractivity contribution in [2.45, 2.75) is 38.1 Å². The summed E-state index contributed by atoms with van der Waals surface area (Å²) < 4.78 is 0. The molecule has 1 fully saturated rings. The molecule has 0 saturated heterocycles. The van der Waals surface area contributed by atoms with Gasteiger partial charge in [-0.3, -0.25) is 4.79 Å². The van der Waals surface area contributed by atoms with E-state index in [2.05, 4.69) is 10.3 Å². The molecule has 5 nitrogen and oxygen atoms in total. The van der Waals surface area contributed by atoms with Gasteiger partial charge in [-0.05, 0) is 31.8 Å². The SMILES string of the molecule is NCCc1nc(C(=O)NC2CCCCC2CN)cs1. The second kappa shape index (κ2) is 6.98. The number of carbonyl (C=O) groups is 1. The van der Waals surface area contributed by atoms with Crippen molar-refractivity contribution in [1.29, 1.82) is 0 Å². The molecule has 19 heavy (non-hydrogen) atoms. The zero-order valence-corrected chi connectivity index (χ0v) is 11.9. The van der Waals surface area contributed by atoms with Crippen LogP contribution in [-0.4, -0.2) is 30.0 Å². The third kappa shape index (κ3) is 3.75. The van der Waals surface area contributed by atoms with Crippen molar-refractivity contribution in [2.24, 2.45) is 17.4 Å². The predicted molar refractivity (Wildman–Crippen MR) is 77.1 cm³/mol. The average Bonchev–Trinajstić information content (AvgIpc) is 2.88. The van der Waals surface area contributed by atoms with Gasteiger partial charge in [0.05, 0.1) is 5.01 Å². The molecular formula is C13H22N4OS. The fourth-order valence-corrected chi connectivity index (χ4v) is 3.37. The van der Waals surface area contributed by atoms with E-state index in [9.17, 15) is 4.79 Å². The summed E-state index contributed by atoms with van der Waals surface area (Å²) in [4.78, 5) is 16.5. The number of amides is 1. The van der Waals surface area contributed by atoms with E-state index < -0.39 is 0 Å². The Bertz CT molecular complexity index is 421. The quantitative estimate of drug-likeness (QED) is 0.747. The number of rotatable bonds is 5. The van der Waals surface area contributed by atoms with Gasteiger partial charge in [-0.1, -0.05) is 12.8 Å². The fourth-order valence-electron chi connectivity index (χ4n) is 2.58. The largest absolute Gasteiger partial charge is 0.348 e. The third-order valence-corrected chi connectivity index (χ3v) is 4.58. The van der Waals surface area contributed by atoms with E-state index in [-0.39, 0.29) is 11.9 Å². The van der Waals surface area contributed by atoms with E-state index in [0.29, 0.717) is 24.7 Å². The molecule has 1 aromatic rings. The first kappa shape index (κ1) is 14.4. The van der Waals surface area contributed by atoms with Gasteiger partial charge in [-0.25, -0.2) is 4.98 Å².